The molecule has 1 unspecified atom stereocenters. The maximum Gasteiger partial charge on any atom is 0.150 e. The Hall–Kier alpha value is -1.16. The van der Waals surface area contributed by atoms with E-state index in [9.17, 15) is 0 Å². The highest BCUT2D eigenvalue weighted by molar-refractivity contribution is 5.43. The Bertz CT molecular complexity index is 389. The fourth-order valence-electron chi connectivity index (χ4n) is 2.39. The Balaban J connectivity index is 2.18. The Morgan fingerprint density at radius 1 is 1.35 bits per heavy atom. The molecule has 0 aliphatic carbocycles. The van der Waals surface area contributed by atoms with Gasteiger partial charge in [-0.25, -0.2) is 4.98 Å². The summed E-state index contributed by atoms with van der Waals surface area (Å²) >= 11 is 0. The van der Waals surface area contributed by atoms with Crippen LogP contribution in [0.2, 0.25) is 0 Å². The normalized spacial score (nSPS) is 21.0. The fraction of sp³-hybridized carbons (Fsp3) is 0.692. The van der Waals surface area contributed by atoms with Crippen LogP contribution in [-0.4, -0.2) is 48.1 Å². The van der Waals surface area contributed by atoms with Gasteiger partial charge in [0.15, 0.2) is 0 Å². The summed E-state index contributed by atoms with van der Waals surface area (Å²) in [6.07, 6.45) is 4.35. The van der Waals surface area contributed by atoms with E-state index in [1.165, 1.54) is 12.8 Å². The van der Waals surface area contributed by atoms with E-state index in [2.05, 4.69) is 33.9 Å². The second-order valence-electron chi connectivity index (χ2n) is 5.13. The molecule has 0 radical (unpaired) electrons. The molecular formula is C13H22N4. The van der Waals surface area contributed by atoms with Crippen LogP contribution in [0.5, 0.6) is 0 Å². The van der Waals surface area contributed by atoms with Gasteiger partial charge in [-0.3, -0.25) is 4.98 Å². The predicted octanol–water partition coefficient (Wildman–Crippen LogP) is 1.62. The first kappa shape index (κ1) is 12.3. The van der Waals surface area contributed by atoms with Crippen molar-refractivity contribution >= 4 is 5.82 Å². The molecule has 1 aliphatic heterocycles. The molecule has 1 aromatic rings. The molecule has 1 fully saturated rings. The lowest BCUT2D eigenvalue weighted by Gasteiger charge is -2.37. The zero-order valence-corrected chi connectivity index (χ0v) is 11.3. The van der Waals surface area contributed by atoms with Crippen molar-refractivity contribution in [1.29, 1.82) is 0 Å². The van der Waals surface area contributed by atoms with Crippen molar-refractivity contribution < 1.29 is 0 Å². The van der Waals surface area contributed by atoms with Crippen LogP contribution in [0.25, 0.3) is 0 Å². The van der Waals surface area contributed by atoms with Gasteiger partial charge in [0.05, 0.1) is 11.4 Å². The highest BCUT2D eigenvalue weighted by Gasteiger charge is 2.23. The molecule has 0 N–H and O–H groups in total. The number of hydrogen-bond donors (Lipinski definition) is 0. The number of anilines is 1. The molecule has 4 nitrogen and oxygen atoms in total. The Labute approximate surface area is 104 Å². The smallest absolute Gasteiger partial charge is 0.150 e. The van der Waals surface area contributed by atoms with Crippen LogP contribution in [0.15, 0.2) is 6.20 Å². The zero-order chi connectivity index (χ0) is 12.4. The molecule has 1 aromatic heterocycles. The van der Waals surface area contributed by atoms with Crippen LogP contribution >= 0.6 is 0 Å². The summed E-state index contributed by atoms with van der Waals surface area (Å²) in [5, 5.41) is 0. The SMILES string of the molecule is Cc1cnc(C)c(N2CCCC(N(C)C)C2)n1. The van der Waals surface area contributed by atoms with Crippen molar-refractivity contribution in [2.45, 2.75) is 32.7 Å². The van der Waals surface area contributed by atoms with E-state index in [-0.39, 0.29) is 0 Å². The van der Waals surface area contributed by atoms with Gasteiger partial charge in [-0.05, 0) is 40.8 Å². The lowest BCUT2D eigenvalue weighted by atomic mass is 10.0. The molecule has 0 bridgehead atoms. The van der Waals surface area contributed by atoms with Crippen LogP contribution in [0.4, 0.5) is 5.82 Å². The number of aromatic nitrogens is 2. The minimum atomic E-state index is 0.630. The van der Waals surface area contributed by atoms with Gasteiger partial charge in [0.25, 0.3) is 0 Å². The summed E-state index contributed by atoms with van der Waals surface area (Å²) in [5.41, 5.74) is 2.03. The van der Waals surface area contributed by atoms with Crippen LogP contribution in [0.1, 0.15) is 24.2 Å². The summed E-state index contributed by atoms with van der Waals surface area (Å²) in [6, 6.07) is 0.630. The fourth-order valence-corrected chi connectivity index (χ4v) is 2.39. The van der Waals surface area contributed by atoms with Gasteiger partial charge in [0.2, 0.25) is 0 Å². The van der Waals surface area contributed by atoms with Gasteiger partial charge >= 0.3 is 0 Å². The predicted molar refractivity (Wildman–Crippen MR) is 70.4 cm³/mol. The number of nitrogens with zero attached hydrogens (tertiary/aromatic N) is 4. The average molecular weight is 234 g/mol. The lowest BCUT2D eigenvalue weighted by molar-refractivity contribution is 0.257. The van der Waals surface area contributed by atoms with Crippen LogP contribution < -0.4 is 4.90 Å². The van der Waals surface area contributed by atoms with Crippen molar-refractivity contribution in [2.75, 3.05) is 32.1 Å². The Morgan fingerprint density at radius 3 is 2.82 bits per heavy atom. The van der Waals surface area contributed by atoms with E-state index in [4.69, 9.17) is 0 Å². The third-order valence-corrected chi connectivity index (χ3v) is 3.48. The molecule has 0 aromatic carbocycles. The van der Waals surface area contributed by atoms with Crippen LogP contribution in [0, 0.1) is 13.8 Å². The monoisotopic (exact) mass is 234 g/mol. The van der Waals surface area contributed by atoms with E-state index in [1.54, 1.807) is 0 Å². The number of hydrogen-bond acceptors (Lipinski definition) is 4. The van der Waals surface area contributed by atoms with Gasteiger partial charge in [0.1, 0.15) is 5.82 Å². The van der Waals surface area contributed by atoms with Crippen LogP contribution in [-0.2, 0) is 0 Å². The number of piperidine rings is 1. The van der Waals surface area contributed by atoms with Crippen molar-refractivity contribution in [3.63, 3.8) is 0 Å². The summed E-state index contributed by atoms with van der Waals surface area (Å²) < 4.78 is 0. The maximum atomic E-state index is 4.64. The molecule has 1 saturated heterocycles. The molecular weight excluding hydrogens is 212 g/mol. The average Bonchev–Trinajstić information content (AvgIpc) is 2.32. The van der Waals surface area contributed by atoms with Crippen molar-refractivity contribution in [3.05, 3.63) is 17.6 Å². The second-order valence-corrected chi connectivity index (χ2v) is 5.13. The minimum Gasteiger partial charge on any atom is -0.354 e. The molecule has 1 aliphatic rings. The van der Waals surface area contributed by atoms with Gasteiger partial charge < -0.3 is 9.80 Å². The molecule has 1 atom stereocenters. The van der Waals surface area contributed by atoms with Crippen molar-refractivity contribution in [2.24, 2.45) is 0 Å². The third kappa shape index (κ3) is 2.75. The number of likely N-dealkylation sites (N-methyl/N-ethyl adjacent to an activating group) is 1. The Morgan fingerprint density at radius 2 is 2.12 bits per heavy atom. The molecule has 0 saturated carbocycles. The summed E-state index contributed by atoms with van der Waals surface area (Å²) in [4.78, 5) is 13.7. The van der Waals surface area contributed by atoms with E-state index in [0.717, 1.165) is 30.3 Å². The highest BCUT2D eigenvalue weighted by atomic mass is 15.2. The maximum absolute atomic E-state index is 4.64. The lowest BCUT2D eigenvalue weighted by Crippen LogP contribution is -2.45. The van der Waals surface area contributed by atoms with E-state index >= 15 is 0 Å². The molecule has 0 spiro atoms. The third-order valence-electron chi connectivity index (χ3n) is 3.48. The summed E-state index contributed by atoms with van der Waals surface area (Å²) in [7, 11) is 4.31. The number of rotatable bonds is 2. The summed E-state index contributed by atoms with van der Waals surface area (Å²) in [6.45, 7) is 6.21. The topological polar surface area (TPSA) is 32.3 Å². The van der Waals surface area contributed by atoms with Gasteiger partial charge in [-0.1, -0.05) is 0 Å². The molecule has 94 valence electrons. The minimum absolute atomic E-state index is 0.630. The standard InChI is InChI=1S/C13H22N4/c1-10-8-14-11(2)13(15-10)17-7-5-6-12(9-17)16(3)4/h8,12H,5-7,9H2,1-4H3. The van der Waals surface area contributed by atoms with E-state index in [0.29, 0.717) is 6.04 Å². The molecule has 0 amide bonds. The van der Waals surface area contributed by atoms with Crippen LogP contribution in [0.3, 0.4) is 0 Å². The quantitative estimate of drug-likeness (QED) is 0.778. The first-order valence-corrected chi connectivity index (χ1v) is 6.29. The van der Waals surface area contributed by atoms with Crippen molar-refractivity contribution in [3.8, 4) is 0 Å². The highest BCUT2D eigenvalue weighted by Crippen LogP contribution is 2.22. The van der Waals surface area contributed by atoms with Gasteiger partial charge in [0, 0.05) is 25.3 Å². The van der Waals surface area contributed by atoms with Crippen molar-refractivity contribution in [1.82, 2.24) is 14.9 Å². The largest absolute Gasteiger partial charge is 0.354 e. The Kier molecular flexibility index (Phi) is 3.62. The van der Waals surface area contributed by atoms with E-state index < -0.39 is 0 Å². The number of aryl methyl sites for hydroxylation is 2. The zero-order valence-electron chi connectivity index (χ0n) is 11.3. The molecule has 2 heterocycles. The molecule has 4 heteroatoms. The second kappa shape index (κ2) is 5.00. The van der Waals surface area contributed by atoms with E-state index in [1.807, 2.05) is 20.0 Å². The molecule has 17 heavy (non-hydrogen) atoms. The first-order valence-electron chi connectivity index (χ1n) is 6.29. The van der Waals surface area contributed by atoms with Gasteiger partial charge in [-0.2, -0.15) is 0 Å². The van der Waals surface area contributed by atoms with Gasteiger partial charge in [-0.15, -0.1) is 0 Å². The summed E-state index contributed by atoms with van der Waals surface area (Å²) in [5.74, 6) is 1.07. The molecule has 2 rings (SSSR count). The first-order chi connectivity index (χ1) is 8.08.